The van der Waals surface area contributed by atoms with Crippen molar-refractivity contribution in [3.8, 4) is 5.75 Å². The second-order valence-corrected chi connectivity index (χ2v) is 10.6. The van der Waals surface area contributed by atoms with E-state index in [0.29, 0.717) is 36.3 Å². The van der Waals surface area contributed by atoms with E-state index in [1.54, 1.807) is 6.07 Å². The summed E-state index contributed by atoms with van der Waals surface area (Å²) in [4.78, 5) is -0.0703. The normalized spacial score (nSPS) is 23.2. The van der Waals surface area contributed by atoms with E-state index in [2.05, 4.69) is 48.5 Å². The molecule has 164 valence electrons. The number of hydrogen-bond acceptors (Lipinski definition) is 4. The van der Waals surface area contributed by atoms with Crippen LogP contribution in [0.1, 0.15) is 64.5 Å². The van der Waals surface area contributed by atoms with Gasteiger partial charge in [-0.15, -0.1) is 0 Å². The van der Waals surface area contributed by atoms with Gasteiger partial charge in [0.05, 0.1) is 11.5 Å². The van der Waals surface area contributed by atoms with Crippen LogP contribution in [-0.2, 0) is 23.0 Å². The first-order valence-corrected chi connectivity index (χ1v) is 12.8. The number of hydrogen-bond donors (Lipinski definition) is 0. The van der Waals surface area contributed by atoms with Crippen molar-refractivity contribution in [2.45, 2.75) is 48.8 Å². The summed E-state index contributed by atoms with van der Waals surface area (Å²) in [6.07, 6.45) is 4.32. The molecule has 0 heterocycles. The van der Waals surface area contributed by atoms with Gasteiger partial charge in [-0.1, -0.05) is 48.5 Å². The summed E-state index contributed by atoms with van der Waals surface area (Å²) < 4.78 is 41.6. The second-order valence-electron chi connectivity index (χ2n) is 9.28. The van der Waals surface area contributed by atoms with Crippen molar-refractivity contribution < 1.29 is 17.7 Å². The maximum atomic E-state index is 11.7. The highest BCUT2D eigenvalue weighted by atomic mass is 32.2. The average Bonchev–Trinajstić information content (AvgIpc) is 2.82. The van der Waals surface area contributed by atoms with Crippen molar-refractivity contribution in [1.29, 1.82) is 0 Å². The maximum absolute atomic E-state index is 11.7. The fourth-order valence-corrected chi connectivity index (χ4v) is 7.05. The molecule has 1 atom stereocenters. The second kappa shape index (κ2) is 7.46. The van der Waals surface area contributed by atoms with Crippen molar-refractivity contribution in [3.63, 3.8) is 0 Å². The zero-order chi connectivity index (χ0) is 21.9. The van der Waals surface area contributed by atoms with Gasteiger partial charge >= 0.3 is 0 Å². The van der Waals surface area contributed by atoms with Gasteiger partial charge in [0.1, 0.15) is 15.9 Å². The first-order valence-electron chi connectivity index (χ1n) is 11.4. The molecule has 0 aromatic heterocycles. The molecule has 5 heteroatoms. The van der Waals surface area contributed by atoms with Gasteiger partial charge in [0.2, 0.25) is 0 Å². The summed E-state index contributed by atoms with van der Waals surface area (Å²) >= 11 is 0. The van der Waals surface area contributed by atoms with Crippen molar-refractivity contribution >= 4 is 10.1 Å². The minimum absolute atomic E-state index is 0.0703. The van der Waals surface area contributed by atoms with Gasteiger partial charge in [0, 0.05) is 17.8 Å². The van der Waals surface area contributed by atoms with Gasteiger partial charge in [0.15, 0.2) is 0 Å². The Morgan fingerprint density at radius 1 is 0.812 bits per heavy atom. The molecule has 0 amide bonds. The SMILES string of the molecule is O=S(=O)([O-])c1ccc(OCC2CC3c4ccccc4C2c2ccccc23)c2c1CCCC2. The molecule has 4 aliphatic rings. The molecule has 0 fully saturated rings. The van der Waals surface area contributed by atoms with E-state index >= 15 is 0 Å². The lowest BCUT2D eigenvalue weighted by molar-refractivity contribution is 0.202. The first-order chi connectivity index (χ1) is 15.5. The lowest BCUT2D eigenvalue weighted by Gasteiger charge is -2.45. The molecule has 0 spiro atoms. The smallest absolute Gasteiger partial charge is 0.124 e. The molecule has 0 radical (unpaired) electrons. The quantitative estimate of drug-likeness (QED) is 0.521. The third-order valence-corrected chi connectivity index (χ3v) is 8.52. The predicted molar refractivity (Wildman–Crippen MR) is 121 cm³/mol. The van der Waals surface area contributed by atoms with Gasteiger partial charge in [-0.25, -0.2) is 8.42 Å². The average molecular weight is 446 g/mol. The van der Waals surface area contributed by atoms with Crippen LogP contribution in [0.5, 0.6) is 5.75 Å². The minimum Gasteiger partial charge on any atom is -0.744 e. The van der Waals surface area contributed by atoms with E-state index in [0.717, 1.165) is 37.0 Å². The number of ether oxygens (including phenoxy) is 1. The zero-order valence-electron chi connectivity index (χ0n) is 17.8. The summed E-state index contributed by atoms with van der Waals surface area (Å²) in [5, 5.41) is 0. The third-order valence-electron chi connectivity index (χ3n) is 7.59. The fraction of sp³-hybridized carbons (Fsp3) is 0.333. The molecule has 1 unspecified atom stereocenters. The fourth-order valence-electron chi connectivity index (χ4n) is 6.29. The molecule has 0 aliphatic heterocycles. The Labute approximate surface area is 189 Å². The van der Waals surface area contributed by atoms with Crippen LogP contribution in [0.4, 0.5) is 0 Å². The Balaban J connectivity index is 1.34. The molecule has 0 saturated heterocycles. The molecule has 4 aliphatic carbocycles. The Kier molecular flexibility index (Phi) is 4.67. The van der Waals surface area contributed by atoms with Gasteiger partial charge in [-0.2, -0.15) is 0 Å². The van der Waals surface area contributed by atoms with Gasteiger partial charge in [0.25, 0.3) is 0 Å². The third kappa shape index (κ3) is 3.10. The van der Waals surface area contributed by atoms with E-state index in [9.17, 15) is 13.0 Å². The predicted octanol–water partition coefficient (Wildman–Crippen LogP) is 5.15. The van der Waals surface area contributed by atoms with Crippen molar-refractivity contribution in [2.24, 2.45) is 5.92 Å². The molecule has 32 heavy (non-hydrogen) atoms. The molecule has 0 N–H and O–H groups in total. The first kappa shape index (κ1) is 20.0. The molecule has 7 rings (SSSR count). The van der Waals surface area contributed by atoms with Crippen molar-refractivity contribution in [3.05, 3.63) is 94.0 Å². The van der Waals surface area contributed by atoms with Crippen LogP contribution in [0.2, 0.25) is 0 Å². The van der Waals surface area contributed by atoms with Crippen LogP contribution in [0.25, 0.3) is 0 Å². The molecule has 3 aromatic carbocycles. The summed E-state index contributed by atoms with van der Waals surface area (Å²) in [5.41, 5.74) is 7.28. The number of benzene rings is 3. The highest BCUT2D eigenvalue weighted by molar-refractivity contribution is 7.85. The summed E-state index contributed by atoms with van der Waals surface area (Å²) in [6, 6.07) is 20.7. The highest BCUT2D eigenvalue weighted by Crippen LogP contribution is 2.55. The molecule has 4 nitrogen and oxygen atoms in total. The molecular formula is C27H25O4S-. The highest BCUT2D eigenvalue weighted by Gasteiger charge is 2.43. The summed E-state index contributed by atoms with van der Waals surface area (Å²) in [7, 11) is -4.48. The number of rotatable bonds is 4. The Bertz CT molecular complexity index is 1260. The van der Waals surface area contributed by atoms with E-state index in [-0.39, 0.29) is 4.90 Å². The summed E-state index contributed by atoms with van der Waals surface area (Å²) in [5.74, 6) is 1.80. The topological polar surface area (TPSA) is 66.4 Å². The molecule has 3 aromatic rings. The van der Waals surface area contributed by atoms with E-state index in [4.69, 9.17) is 4.74 Å². The van der Waals surface area contributed by atoms with Gasteiger partial charge in [-0.05, 0) is 77.6 Å². The van der Waals surface area contributed by atoms with E-state index in [1.165, 1.54) is 28.3 Å². The molecule has 0 saturated carbocycles. The Hall–Kier alpha value is -2.63. The maximum Gasteiger partial charge on any atom is 0.124 e. The van der Waals surface area contributed by atoms with Crippen LogP contribution in [0.15, 0.2) is 65.6 Å². The van der Waals surface area contributed by atoms with Crippen LogP contribution in [0.3, 0.4) is 0 Å². The van der Waals surface area contributed by atoms with Crippen LogP contribution < -0.4 is 4.74 Å². The standard InChI is InChI=1S/C27H26O4S/c28-32(29,30)26-14-13-25(20-9-3-4-10-21(20)26)31-16-17-15-24-18-7-1-5-11-22(18)27(17)23-12-6-2-8-19(23)24/h1-2,5-8,11-14,17,24,27H,3-4,9-10,15-16H2,(H,28,29,30)/p-1. The van der Waals surface area contributed by atoms with E-state index < -0.39 is 10.1 Å². The lowest BCUT2D eigenvalue weighted by atomic mass is 9.59. The molecule has 2 bridgehead atoms. The number of fused-ring (bicyclic) bond motifs is 2. The van der Waals surface area contributed by atoms with Crippen LogP contribution in [0, 0.1) is 5.92 Å². The Morgan fingerprint density at radius 3 is 2.03 bits per heavy atom. The Morgan fingerprint density at radius 2 is 1.41 bits per heavy atom. The largest absolute Gasteiger partial charge is 0.744 e. The van der Waals surface area contributed by atoms with Gasteiger partial charge < -0.3 is 9.29 Å². The lowest BCUT2D eigenvalue weighted by Crippen LogP contribution is -2.35. The van der Waals surface area contributed by atoms with E-state index in [1.807, 2.05) is 0 Å². The van der Waals surface area contributed by atoms with Crippen molar-refractivity contribution in [2.75, 3.05) is 6.61 Å². The van der Waals surface area contributed by atoms with Gasteiger partial charge in [-0.3, -0.25) is 0 Å². The van der Waals surface area contributed by atoms with Crippen molar-refractivity contribution in [1.82, 2.24) is 0 Å². The molecular weight excluding hydrogens is 420 g/mol. The zero-order valence-corrected chi connectivity index (χ0v) is 18.6. The summed E-state index contributed by atoms with van der Waals surface area (Å²) in [6.45, 7) is 0.583. The monoisotopic (exact) mass is 445 g/mol. The minimum atomic E-state index is -4.48. The van der Waals surface area contributed by atoms with Crippen LogP contribution >= 0.6 is 0 Å². The van der Waals surface area contributed by atoms with Crippen LogP contribution in [-0.4, -0.2) is 19.6 Å².